The fourth-order valence-corrected chi connectivity index (χ4v) is 2.87. The van der Waals surface area contributed by atoms with Gasteiger partial charge in [0, 0.05) is 24.6 Å². The second-order valence-electron chi connectivity index (χ2n) is 6.69. The lowest BCUT2D eigenvalue weighted by molar-refractivity contribution is -0.147. The van der Waals surface area contributed by atoms with Gasteiger partial charge in [0.25, 0.3) is 5.91 Å². The highest BCUT2D eigenvalue weighted by atomic mass is 16.5. The predicted molar refractivity (Wildman–Crippen MR) is 117 cm³/mol. The smallest absolute Gasteiger partial charge is 0.306 e. The molecule has 0 aromatic heterocycles. The zero-order chi connectivity index (χ0) is 22.6. The average molecular weight is 428 g/mol. The first kappa shape index (κ1) is 23.7. The van der Waals surface area contributed by atoms with Gasteiger partial charge in [0.15, 0.2) is 6.61 Å². The number of anilines is 2. The second kappa shape index (κ2) is 12.2. The van der Waals surface area contributed by atoms with E-state index in [1.165, 1.54) is 14.2 Å². The number of hydrogen-bond acceptors (Lipinski definition) is 6. The molecule has 2 amide bonds. The Morgan fingerprint density at radius 1 is 0.871 bits per heavy atom. The fourth-order valence-electron chi connectivity index (χ4n) is 2.87. The minimum absolute atomic E-state index is 0.0403. The lowest BCUT2D eigenvalue weighted by Crippen LogP contribution is -2.21. The Morgan fingerprint density at radius 2 is 1.61 bits per heavy atom. The lowest BCUT2D eigenvalue weighted by atomic mass is 10.1. The van der Waals surface area contributed by atoms with Gasteiger partial charge < -0.3 is 24.8 Å². The normalized spacial score (nSPS) is 10.2. The fraction of sp³-hybridized carbons (Fsp3) is 0.348. The Balaban J connectivity index is 1.72. The number of methoxy groups -OCH3 is 2. The van der Waals surface area contributed by atoms with Crippen molar-refractivity contribution in [3.63, 3.8) is 0 Å². The van der Waals surface area contributed by atoms with Gasteiger partial charge in [-0.2, -0.15) is 0 Å². The molecule has 0 aliphatic carbocycles. The predicted octanol–water partition coefficient (Wildman–Crippen LogP) is 3.56. The maximum absolute atomic E-state index is 12.1. The molecule has 8 nitrogen and oxygen atoms in total. The first-order valence-corrected chi connectivity index (χ1v) is 10.0. The number of hydrogen-bond donors (Lipinski definition) is 2. The molecule has 31 heavy (non-hydrogen) atoms. The van der Waals surface area contributed by atoms with Gasteiger partial charge >= 0.3 is 5.97 Å². The zero-order valence-electron chi connectivity index (χ0n) is 18.0. The van der Waals surface area contributed by atoms with E-state index in [1.807, 2.05) is 31.2 Å². The van der Waals surface area contributed by atoms with Crippen LogP contribution in [-0.2, 0) is 25.5 Å². The summed E-state index contributed by atoms with van der Waals surface area (Å²) in [6.45, 7) is 1.58. The molecular weight excluding hydrogens is 400 g/mol. The number of carbonyl (C=O) groups excluding carboxylic acids is 3. The number of ether oxygens (including phenoxy) is 3. The Morgan fingerprint density at radius 3 is 2.32 bits per heavy atom. The van der Waals surface area contributed by atoms with Crippen molar-refractivity contribution < 1.29 is 28.6 Å². The van der Waals surface area contributed by atoms with Crippen LogP contribution in [0.3, 0.4) is 0 Å². The molecule has 0 unspecified atom stereocenters. The molecule has 166 valence electrons. The summed E-state index contributed by atoms with van der Waals surface area (Å²) in [4.78, 5) is 36.1. The van der Waals surface area contributed by atoms with Gasteiger partial charge in [0.1, 0.15) is 11.5 Å². The summed E-state index contributed by atoms with van der Waals surface area (Å²) >= 11 is 0. The number of benzene rings is 2. The zero-order valence-corrected chi connectivity index (χ0v) is 18.0. The van der Waals surface area contributed by atoms with Gasteiger partial charge in [-0.15, -0.1) is 0 Å². The van der Waals surface area contributed by atoms with Crippen LogP contribution in [0.1, 0.15) is 31.7 Å². The van der Waals surface area contributed by atoms with Crippen LogP contribution in [0.15, 0.2) is 42.5 Å². The van der Waals surface area contributed by atoms with Crippen LogP contribution in [-0.4, -0.2) is 38.6 Å². The van der Waals surface area contributed by atoms with E-state index >= 15 is 0 Å². The molecule has 0 saturated carbocycles. The molecule has 0 saturated heterocycles. The third kappa shape index (κ3) is 7.65. The monoisotopic (exact) mass is 428 g/mol. The molecule has 2 N–H and O–H groups in total. The number of amides is 2. The Hall–Kier alpha value is -3.55. The van der Waals surface area contributed by atoms with Crippen molar-refractivity contribution in [1.82, 2.24) is 0 Å². The van der Waals surface area contributed by atoms with Crippen LogP contribution in [0.2, 0.25) is 0 Å². The Kier molecular flexibility index (Phi) is 9.35. The Bertz CT molecular complexity index is 913. The molecule has 0 bridgehead atoms. The number of rotatable bonds is 11. The van der Waals surface area contributed by atoms with Crippen LogP contribution >= 0.6 is 0 Å². The maximum Gasteiger partial charge on any atom is 0.306 e. The van der Waals surface area contributed by atoms with E-state index in [9.17, 15) is 14.4 Å². The molecular formula is C23H28N2O6. The van der Waals surface area contributed by atoms with Crippen LogP contribution in [0.25, 0.3) is 0 Å². The molecule has 0 heterocycles. The van der Waals surface area contributed by atoms with Gasteiger partial charge in [-0.3, -0.25) is 14.4 Å². The number of esters is 1. The molecule has 0 spiro atoms. The molecule has 0 atom stereocenters. The molecule has 8 heteroatoms. The summed E-state index contributed by atoms with van der Waals surface area (Å²) in [6.07, 6.45) is 1.36. The van der Waals surface area contributed by atoms with Crippen molar-refractivity contribution in [3.8, 4) is 11.5 Å². The number of para-hydroxylation sites is 1. The van der Waals surface area contributed by atoms with E-state index in [2.05, 4.69) is 10.6 Å². The number of aryl methyl sites for hydroxylation is 1. The minimum atomic E-state index is -0.547. The van der Waals surface area contributed by atoms with Crippen molar-refractivity contribution in [2.45, 2.75) is 32.6 Å². The van der Waals surface area contributed by atoms with Crippen molar-refractivity contribution in [1.29, 1.82) is 0 Å². The minimum Gasteiger partial charge on any atom is -0.497 e. The van der Waals surface area contributed by atoms with Crippen molar-refractivity contribution in [3.05, 3.63) is 48.0 Å². The Labute approximate surface area is 181 Å². The third-order valence-corrected chi connectivity index (χ3v) is 4.50. The van der Waals surface area contributed by atoms with Crippen molar-refractivity contribution in [2.75, 3.05) is 31.5 Å². The largest absolute Gasteiger partial charge is 0.497 e. The number of carbonyl (C=O) groups is 3. The summed E-state index contributed by atoms with van der Waals surface area (Å²) in [5, 5.41) is 5.47. The van der Waals surface area contributed by atoms with E-state index in [0.717, 1.165) is 17.7 Å². The van der Waals surface area contributed by atoms with E-state index in [0.29, 0.717) is 23.6 Å². The summed E-state index contributed by atoms with van der Waals surface area (Å²) in [6, 6.07) is 12.5. The molecule has 0 aliphatic rings. The molecule has 2 aromatic rings. The van der Waals surface area contributed by atoms with Crippen LogP contribution in [0.5, 0.6) is 11.5 Å². The third-order valence-electron chi connectivity index (χ3n) is 4.50. The summed E-state index contributed by atoms with van der Waals surface area (Å²) in [5.41, 5.74) is 2.24. The first-order chi connectivity index (χ1) is 15.0. The van der Waals surface area contributed by atoms with Crippen LogP contribution < -0.4 is 20.1 Å². The summed E-state index contributed by atoms with van der Waals surface area (Å²) in [7, 11) is 2.99. The van der Waals surface area contributed by atoms with Gasteiger partial charge in [-0.25, -0.2) is 0 Å². The van der Waals surface area contributed by atoms with Gasteiger partial charge in [0.05, 0.1) is 19.9 Å². The van der Waals surface area contributed by atoms with Gasteiger partial charge in [-0.1, -0.05) is 25.1 Å². The second-order valence-corrected chi connectivity index (χ2v) is 6.69. The van der Waals surface area contributed by atoms with Gasteiger partial charge in [-0.05, 0) is 36.6 Å². The van der Waals surface area contributed by atoms with Crippen molar-refractivity contribution >= 4 is 29.2 Å². The number of nitrogens with one attached hydrogen (secondary N) is 2. The molecule has 0 fully saturated rings. The first-order valence-electron chi connectivity index (χ1n) is 10.0. The van der Waals surface area contributed by atoms with Crippen LogP contribution in [0.4, 0.5) is 11.4 Å². The SMILES string of the molecule is CCc1ccccc1NC(=O)CCCC(=O)OCC(=O)Nc1cc(OC)ccc1OC. The maximum atomic E-state index is 12.1. The van der Waals surface area contributed by atoms with Gasteiger partial charge in [0.2, 0.25) is 5.91 Å². The molecule has 0 radical (unpaired) electrons. The highest BCUT2D eigenvalue weighted by molar-refractivity contribution is 5.94. The highest BCUT2D eigenvalue weighted by Gasteiger charge is 2.13. The quantitative estimate of drug-likeness (QED) is 0.531. The van der Waals surface area contributed by atoms with E-state index in [-0.39, 0.29) is 18.7 Å². The lowest BCUT2D eigenvalue weighted by Gasteiger charge is -2.12. The average Bonchev–Trinajstić information content (AvgIpc) is 2.78. The van der Waals surface area contributed by atoms with E-state index < -0.39 is 18.5 Å². The summed E-state index contributed by atoms with van der Waals surface area (Å²) < 4.78 is 15.3. The molecule has 2 aromatic carbocycles. The summed E-state index contributed by atoms with van der Waals surface area (Å²) in [5.74, 6) is -0.219. The van der Waals surface area contributed by atoms with E-state index in [4.69, 9.17) is 14.2 Å². The highest BCUT2D eigenvalue weighted by Crippen LogP contribution is 2.28. The standard InChI is InChI=1S/C23H28N2O6/c1-4-16-8-5-6-9-18(16)24-21(26)10-7-11-23(28)31-15-22(27)25-19-14-17(29-2)12-13-20(19)30-3/h5-6,8-9,12-14H,4,7,10-11,15H2,1-3H3,(H,24,26)(H,25,27). The topological polar surface area (TPSA) is 103 Å². The molecule has 0 aliphatic heterocycles. The van der Waals surface area contributed by atoms with Crippen LogP contribution in [0, 0.1) is 0 Å². The van der Waals surface area contributed by atoms with Crippen molar-refractivity contribution in [2.24, 2.45) is 0 Å². The van der Waals surface area contributed by atoms with E-state index in [1.54, 1.807) is 18.2 Å². The molecule has 2 rings (SSSR count).